The molecule has 140 valence electrons. The fourth-order valence-electron chi connectivity index (χ4n) is 2.10. The van der Waals surface area contributed by atoms with Gasteiger partial charge >= 0.3 is 6.36 Å². The van der Waals surface area contributed by atoms with Crippen LogP contribution in [0.15, 0.2) is 53.5 Å². The van der Waals surface area contributed by atoms with Gasteiger partial charge in [-0.1, -0.05) is 36.4 Å². The summed E-state index contributed by atoms with van der Waals surface area (Å²) in [7, 11) is 0. The zero-order chi connectivity index (χ0) is 19.0. The topological polar surface area (TPSA) is 68.9 Å². The lowest BCUT2D eigenvalue weighted by atomic mass is 10.1. The summed E-state index contributed by atoms with van der Waals surface area (Å²) < 4.78 is 46.5. The molecule has 2 aromatic rings. The minimum Gasteiger partial charge on any atom is -0.404 e. The number of anilines is 1. The summed E-state index contributed by atoms with van der Waals surface area (Å²) in [5.41, 5.74) is 7.80. The number of benzene rings is 2. The van der Waals surface area contributed by atoms with Crippen molar-refractivity contribution in [2.75, 3.05) is 11.9 Å². The Hall–Kier alpha value is -2.74. The van der Waals surface area contributed by atoms with Crippen LogP contribution in [0.2, 0.25) is 0 Å². The maximum Gasteiger partial charge on any atom is 0.573 e. The average Bonchev–Trinajstić information content (AvgIpc) is 2.59. The second-order valence-corrected chi connectivity index (χ2v) is 5.32. The molecule has 0 fully saturated rings. The van der Waals surface area contributed by atoms with Gasteiger partial charge in [0.15, 0.2) is 11.7 Å². The third kappa shape index (κ3) is 6.64. The smallest absolute Gasteiger partial charge is 0.404 e. The van der Waals surface area contributed by atoms with Crippen LogP contribution < -0.4 is 15.8 Å². The number of aliphatic imine (C=N–C) groups is 1. The van der Waals surface area contributed by atoms with Crippen LogP contribution in [0.5, 0.6) is 5.75 Å². The number of hydrogen-bond donors (Lipinski definition) is 2. The molecular formula is C18H20F3N3O2. The largest absolute Gasteiger partial charge is 0.573 e. The molecule has 0 heterocycles. The van der Waals surface area contributed by atoms with E-state index in [1.54, 1.807) is 6.07 Å². The van der Waals surface area contributed by atoms with E-state index in [2.05, 4.69) is 15.0 Å². The van der Waals surface area contributed by atoms with Gasteiger partial charge in [-0.3, -0.25) is 0 Å². The molecule has 0 saturated carbocycles. The molecule has 0 bridgehead atoms. The Balaban J connectivity index is 1.98. The summed E-state index contributed by atoms with van der Waals surface area (Å²) in [6, 6.07) is 13.3. The van der Waals surface area contributed by atoms with Crippen molar-refractivity contribution < 1.29 is 22.6 Å². The van der Waals surface area contributed by atoms with E-state index in [1.165, 1.54) is 18.2 Å². The zero-order valence-electron chi connectivity index (χ0n) is 14.2. The lowest BCUT2D eigenvalue weighted by Crippen LogP contribution is -2.24. The van der Waals surface area contributed by atoms with Crippen molar-refractivity contribution in [1.82, 2.24) is 0 Å². The van der Waals surface area contributed by atoms with Crippen LogP contribution in [-0.4, -0.2) is 18.9 Å². The molecule has 3 N–H and O–H groups in total. The van der Waals surface area contributed by atoms with E-state index < -0.39 is 6.36 Å². The normalized spacial score (nSPS) is 12.1. The van der Waals surface area contributed by atoms with Crippen LogP contribution in [0, 0.1) is 0 Å². The highest BCUT2D eigenvalue weighted by atomic mass is 19.4. The molecule has 0 saturated heterocycles. The molecule has 0 aromatic heterocycles. The lowest BCUT2D eigenvalue weighted by Gasteiger charge is -2.14. The first kappa shape index (κ1) is 19.6. The Bertz CT molecular complexity index is 731. The minimum atomic E-state index is -4.78. The summed E-state index contributed by atoms with van der Waals surface area (Å²) in [6.07, 6.45) is -4.78. The monoisotopic (exact) mass is 367 g/mol. The summed E-state index contributed by atoms with van der Waals surface area (Å²) in [5.74, 6) is -0.389. The summed E-state index contributed by atoms with van der Waals surface area (Å²) in [4.78, 5) is 4.13. The van der Waals surface area contributed by atoms with Gasteiger partial charge in [0.05, 0.1) is 18.8 Å². The first-order valence-corrected chi connectivity index (χ1v) is 7.94. The average molecular weight is 367 g/mol. The van der Waals surface area contributed by atoms with Gasteiger partial charge in [-0.05, 0) is 30.2 Å². The highest BCUT2D eigenvalue weighted by molar-refractivity contribution is 5.93. The van der Waals surface area contributed by atoms with Gasteiger partial charge in [0.1, 0.15) is 0 Å². The summed E-state index contributed by atoms with van der Waals surface area (Å²) in [5, 5.41) is 2.63. The van der Waals surface area contributed by atoms with E-state index in [-0.39, 0.29) is 23.9 Å². The molecule has 8 heteroatoms. The molecule has 0 aliphatic rings. The lowest BCUT2D eigenvalue weighted by molar-refractivity contribution is -0.274. The van der Waals surface area contributed by atoms with Crippen molar-refractivity contribution in [3.05, 3.63) is 59.7 Å². The van der Waals surface area contributed by atoms with Gasteiger partial charge < -0.3 is 20.5 Å². The molecule has 0 radical (unpaired) electrons. The zero-order valence-corrected chi connectivity index (χ0v) is 14.2. The van der Waals surface area contributed by atoms with Gasteiger partial charge in [-0.2, -0.15) is 0 Å². The first-order valence-electron chi connectivity index (χ1n) is 7.94. The number of alkyl halides is 3. The van der Waals surface area contributed by atoms with Gasteiger partial charge in [0, 0.05) is 6.61 Å². The summed E-state index contributed by atoms with van der Waals surface area (Å²) in [6.45, 7) is 3.40. The van der Waals surface area contributed by atoms with Gasteiger partial charge in [0.2, 0.25) is 0 Å². The Morgan fingerprint density at radius 3 is 2.38 bits per heavy atom. The number of guanidine groups is 1. The maximum atomic E-state index is 12.4. The first-order chi connectivity index (χ1) is 12.4. The summed E-state index contributed by atoms with van der Waals surface area (Å²) >= 11 is 0. The number of para-hydroxylation sites is 2. The molecule has 26 heavy (non-hydrogen) atoms. The number of ether oxygens (including phenoxy) is 2. The standard InChI is InChI=1S/C18H20F3N3O2/c1-2-25-12-14-9-7-13(8-10-14)11-23-17(22)24-15-5-3-4-6-16(15)26-18(19,20)21/h3-10H,2,11-12H2,1H3,(H3,22,23,24). The van der Waals surface area contributed by atoms with Crippen LogP contribution in [0.25, 0.3) is 0 Å². The van der Waals surface area contributed by atoms with Crippen LogP contribution in [0.4, 0.5) is 18.9 Å². The fourth-order valence-corrected chi connectivity index (χ4v) is 2.10. The van der Waals surface area contributed by atoms with Gasteiger partial charge in [-0.25, -0.2) is 4.99 Å². The number of rotatable bonds is 7. The molecular weight excluding hydrogens is 347 g/mol. The molecule has 0 spiro atoms. The minimum absolute atomic E-state index is 0.0124. The molecule has 0 amide bonds. The predicted molar refractivity (Wildman–Crippen MR) is 93.8 cm³/mol. The molecule has 0 aliphatic carbocycles. The van der Waals surface area contributed by atoms with Crippen molar-refractivity contribution >= 4 is 11.6 Å². The fraction of sp³-hybridized carbons (Fsp3) is 0.278. The third-order valence-electron chi connectivity index (χ3n) is 3.30. The predicted octanol–water partition coefficient (Wildman–Crippen LogP) is 4.05. The number of halogens is 3. The Labute approximate surface area is 149 Å². The highest BCUT2D eigenvalue weighted by Crippen LogP contribution is 2.29. The van der Waals surface area contributed by atoms with Crippen molar-refractivity contribution in [3.8, 4) is 5.75 Å². The number of nitrogens with two attached hydrogens (primary N) is 1. The highest BCUT2D eigenvalue weighted by Gasteiger charge is 2.32. The van der Waals surface area contributed by atoms with Gasteiger partial charge in [0.25, 0.3) is 0 Å². The van der Waals surface area contributed by atoms with E-state index in [1.807, 2.05) is 31.2 Å². The van der Waals surface area contributed by atoms with E-state index in [9.17, 15) is 13.2 Å². The van der Waals surface area contributed by atoms with Crippen LogP contribution in [0.1, 0.15) is 18.1 Å². The number of hydrogen-bond acceptors (Lipinski definition) is 3. The molecule has 2 rings (SSSR count). The van der Waals surface area contributed by atoms with Crippen molar-refractivity contribution in [1.29, 1.82) is 0 Å². The molecule has 0 unspecified atom stereocenters. The van der Waals surface area contributed by atoms with Crippen molar-refractivity contribution in [2.45, 2.75) is 26.4 Å². The number of nitrogens with one attached hydrogen (secondary N) is 1. The Morgan fingerprint density at radius 2 is 1.73 bits per heavy atom. The Morgan fingerprint density at radius 1 is 1.08 bits per heavy atom. The van der Waals surface area contributed by atoms with Gasteiger partial charge in [-0.15, -0.1) is 13.2 Å². The molecule has 0 atom stereocenters. The second-order valence-electron chi connectivity index (χ2n) is 5.32. The van der Waals surface area contributed by atoms with E-state index in [4.69, 9.17) is 10.5 Å². The van der Waals surface area contributed by atoms with E-state index in [0.717, 1.165) is 11.1 Å². The van der Waals surface area contributed by atoms with Crippen LogP contribution in [-0.2, 0) is 17.9 Å². The molecule has 2 aromatic carbocycles. The van der Waals surface area contributed by atoms with Crippen LogP contribution in [0.3, 0.4) is 0 Å². The molecule has 5 nitrogen and oxygen atoms in total. The second kappa shape index (κ2) is 9.10. The van der Waals surface area contributed by atoms with E-state index >= 15 is 0 Å². The third-order valence-corrected chi connectivity index (χ3v) is 3.30. The van der Waals surface area contributed by atoms with E-state index in [0.29, 0.717) is 13.2 Å². The van der Waals surface area contributed by atoms with Crippen molar-refractivity contribution in [2.24, 2.45) is 10.7 Å². The van der Waals surface area contributed by atoms with Crippen molar-refractivity contribution in [3.63, 3.8) is 0 Å². The quantitative estimate of drug-likeness (QED) is 0.572. The SMILES string of the molecule is CCOCc1ccc(CN=C(N)Nc2ccccc2OC(F)(F)F)cc1. The maximum absolute atomic E-state index is 12.4. The van der Waals surface area contributed by atoms with Crippen LogP contribution >= 0.6 is 0 Å². The molecule has 0 aliphatic heterocycles. The Kier molecular flexibility index (Phi) is 6.85. The number of nitrogens with zero attached hydrogens (tertiary/aromatic N) is 1.